The van der Waals surface area contributed by atoms with Crippen LogP contribution in [0.1, 0.15) is 18.1 Å². The zero-order chi connectivity index (χ0) is 13.6. The number of rotatable bonds is 2. The van der Waals surface area contributed by atoms with Crippen molar-refractivity contribution in [2.45, 2.75) is 37.2 Å². The standard InChI is InChI=1S/C16H21Si.3ClH.Ti/c1-12-6-7-15(9-12)17(4,5)16-10-13(2)8-14(3)11-16;;;;/h6-11H,1-5H3;3*1H;/q;;;;+3/p-3. The van der Waals surface area contributed by atoms with Gasteiger partial charge in [0.15, 0.2) is 0 Å². The number of hydrogen-bond acceptors (Lipinski definition) is 0. The molecule has 0 saturated heterocycles. The first-order valence-electron chi connectivity index (χ1n) is 6.47. The zero-order valence-corrected chi connectivity index (χ0v) is 17.9. The van der Waals surface area contributed by atoms with E-state index in [9.17, 15) is 0 Å². The van der Waals surface area contributed by atoms with Crippen molar-refractivity contribution in [2.75, 3.05) is 0 Å². The van der Waals surface area contributed by atoms with Crippen LogP contribution in [-0.2, 0) is 20.4 Å². The molecule has 1 aliphatic rings. The Morgan fingerprint density at radius 1 is 0.905 bits per heavy atom. The molecule has 0 aliphatic heterocycles. The van der Waals surface area contributed by atoms with Crippen LogP contribution in [0.4, 0.5) is 0 Å². The van der Waals surface area contributed by atoms with Crippen LogP contribution in [0.3, 0.4) is 0 Å². The third kappa shape index (κ3) is 4.73. The number of halogens is 3. The van der Waals surface area contributed by atoms with Crippen molar-refractivity contribution in [1.82, 2.24) is 0 Å². The molecule has 21 heavy (non-hydrogen) atoms. The van der Waals surface area contributed by atoms with Gasteiger partial charge in [0, 0.05) is 0 Å². The smallest absolute Gasteiger partial charge is 1.00 e. The van der Waals surface area contributed by atoms with Gasteiger partial charge in [-0.2, -0.15) is 0 Å². The minimum Gasteiger partial charge on any atom is -1.00 e. The van der Waals surface area contributed by atoms with Crippen LogP contribution in [-0.4, -0.2) is 8.07 Å². The van der Waals surface area contributed by atoms with E-state index in [1.54, 1.807) is 5.19 Å². The minimum atomic E-state index is -1.54. The van der Waals surface area contributed by atoms with Gasteiger partial charge >= 0.3 is 124 Å². The van der Waals surface area contributed by atoms with E-state index in [4.69, 9.17) is 0 Å². The molecule has 0 amide bonds. The van der Waals surface area contributed by atoms with Gasteiger partial charge in [0.2, 0.25) is 0 Å². The van der Waals surface area contributed by atoms with Gasteiger partial charge in [0.1, 0.15) is 0 Å². The van der Waals surface area contributed by atoms with Gasteiger partial charge in [0.05, 0.1) is 0 Å². The summed E-state index contributed by atoms with van der Waals surface area (Å²) in [6, 6.07) is 7.04. The first-order chi connectivity index (χ1) is 8.24. The third-order valence-electron chi connectivity index (χ3n) is 4.04. The van der Waals surface area contributed by atoms with Crippen LogP contribution < -0.4 is 42.4 Å². The van der Waals surface area contributed by atoms with Crippen LogP contribution in [0.15, 0.2) is 42.0 Å². The van der Waals surface area contributed by atoms with Crippen molar-refractivity contribution >= 4 is 13.3 Å². The fourth-order valence-corrected chi connectivity index (χ4v) is 6.59. The molecular formula is C16H21Cl3SiTi. The van der Waals surface area contributed by atoms with Gasteiger partial charge in [0.25, 0.3) is 0 Å². The summed E-state index contributed by atoms with van der Waals surface area (Å²) < 4.78 is 0.247. The Bertz CT molecular complexity index is 532. The van der Waals surface area contributed by atoms with E-state index in [0.29, 0.717) is 0 Å². The van der Waals surface area contributed by atoms with Crippen molar-refractivity contribution in [2.24, 2.45) is 0 Å². The number of benzene rings is 1. The summed E-state index contributed by atoms with van der Waals surface area (Å²) >= 11 is 2.39. The fourth-order valence-electron chi connectivity index (χ4n) is 2.68. The summed E-state index contributed by atoms with van der Waals surface area (Å²) in [6.07, 6.45) is 7.14. The SMILES string of the molecule is CC1=C[C]([Ti+3])([Si](C)(C)c2cc(C)cc(C)c2)C=C1.[Cl-].[Cl-].[Cl-]. The van der Waals surface area contributed by atoms with Gasteiger partial charge < -0.3 is 37.2 Å². The van der Waals surface area contributed by atoms with E-state index >= 15 is 0 Å². The van der Waals surface area contributed by atoms with Gasteiger partial charge in [-0.25, -0.2) is 0 Å². The average molecular weight is 396 g/mol. The maximum atomic E-state index is 2.49. The molecule has 0 spiro atoms. The summed E-state index contributed by atoms with van der Waals surface area (Å²) in [4.78, 5) is 0. The Labute approximate surface area is 160 Å². The number of allylic oxidation sites excluding steroid dienone is 4. The molecule has 0 fully saturated rings. The van der Waals surface area contributed by atoms with Crippen molar-refractivity contribution in [3.05, 3.63) is 53.1 Å². The van der Waals surface area contributed by atoms with Crippen molar-refractivity contribution < 1.29 is 57.7 Å². The van der Waals surface area contributed by atoms with E-state index in [0.717, 1.165) is 0 Å². The normalized spacial score (nSPS) is 20.0. The Morgan fingerprint density at radius 3 is 1.76 bits per heavy atom. The van der Waals surface area contributed by atoms with E-state index in [1.165, 1.54) is 16.7 Å². The number of aryl methyl sites for hydroxylation is 2. The molecule has 1 atom stereocenters. The second-order valence-electron chi connectivity index (χ2n) is 6.09. The molecule has 1 aromatic rings. The molecular weight excluding hydrogens is 374 g/mol. The Hall–Kier alpha value is 0.501. The Morgan fingerprint density at radius 2 is 1.38 bits per heavy atom. The summed E-state index contributed by atoms with van der Waals surface area (Å²) in [6.45, 7) is 11.6. The second-order valence-corrected chi connectivity index (χ2v) is 12.8. The van der Waals surface area contributed by atoms with Gasteiger partial charge in [-0.1, -0.05) is 0 Å². The average Bonchev–Trinajstić information content (AvgIpc) is 2.59. The van der Waals surface area contributed by atoms with Crippen molar-refractivity contribution in [3.8, 4) is 0 Å². The molecule has 0 radical (unpaired) electrons. The zero-order valence-electron chi connectivity index (χ0n) is 13.1. The molecule has 5 heteroatoms. The summed E-state index contributed by atoms with van der Waals surface area (Å²) in [5.41, 5.74) is 4.18. The van der Waals surface area contributed by atoms with Crippen LogP contribution in [0.2, 0.25) is 16.4 Å². The molecule has 114 valence electrons. The van der Waals surface area contributed by atoms with E-state index in [-0.39, 0.29) is 40.6 Å². The van der Waals surface area contributed by atoms with Crippen molar-refractivity contribution in [3.63, 3.8) is 0 Å². The molecule has 1 aliphatic carbocycles. The predicted molar refractivity (Wildman–Crippen MR) is 78.6 cm³/mol. The Kier molecular flexibility index (Phi) is 9.48. The predicted octanol–water partition coefficient (Wildman–Crippen LogP) is -5.01. The summed E-state index contributed by atoms with van der Waals surface area (Å²) in [7, 11) is -1.54. The molecule has 0 nitrogen and oxygen atoms in total. The van der Waals surface area contributed by atoms with Crippen LogP contribution in [0.25, 0.3) is 0 Å². The first-order valence-corrected chi connectivity index (χ1v) is 10.3. The van der Waals surface area contributed by atoms with Crippen molar-refractivity contribution in [1.29, 1.82) is 0 Å². The molecule has 1 unspecified atom stereocenters. The van der Waals surface area contributed by atoms with E-state index < -0.39 is 8.07 Å². The molecule has 1 aromatic carbocycles. The van der Waals surface area contributed by atoms with Crippen LogP contribution >= 0.6 is 0 Å². The first kappa shape index (κ1) is 23.8. The van der Waals surface area contributed by atoms with E-state index in [2.05, 4.69) is 90.7 Å². The van der Waals surface area contributed by atoms with Gasteiger partial charge in [-0.05, 0) is 0 Å². The maximum Gasteiger partial charge on any atom is -1.00 e. The summed E-state index contributed by atoms with van der Waals surface area (Å²) in [5, 5.41) is 1.57. The molecule has 0 heterocycles. The fraction of sp³-hybridized carbons (Fsp3) is 0.375. The Balaban J connectivity index is 0. The minimum absolute atomic E-state index is 0. The monoisotopic (exact) mass is 394 g/mol. The summed E-state index contributed by atoms with van der Waals surface area (Å²) in [5.74, 6) is 0. The van der Waals surface area contributed by atoms with E-state index in [1.807, 2.05) is 0 Å². The molecule has 0 saturated carbocycles. The van der Waals surface area contributed by atoms with Gasteiger partial charge in [-0.3, -0.25) is 0 Å². The molecule has 0 bridgehead atoms. The largest absolute Gasteiger partial charge is 1.00 e. The quantitative estimate of drug-likeness (QED) is 0.440. The van der Waals surface area contributed by atoms with Crippen LogP contribution in [0, 0.1) is 13.8 Å². The molecule has 0 N–H and O–H groups in total. The van der Waals surface area contributed by atoms with Gasteiger partial charge in [-0.15, -0.1) is 0 Å². The number of hydrogen-bond donors (Lipinski definition) is 0. The molecule has 2 rings (SSSR count). The topological polar surface area (TPSA) is 0 Å². The third-order valence-corrected chi connectivity index (χ3v) is 11.6. The maximum absolute atomic E-state index is 2.49. The molecule has 0 aromatic heterocycles. The van der Waals surface area contributed by atoms with Crippen LogP contribution in [0.5, 0.6) is 0 Å². The second kappa shape index (κ2) is 8.38.